The molecule has 0 atom stereocenters. The zero-order chi connectivity index (χ0) is 18.4. The van der Waals surface area contributed by atoms with Crippen LogP contribution in [-0.4, -0.2) is 22.1 Å². The molecule has 1 aromatic heterocycles. The number of thiocarbonyl (C=S) groups is 1. The van der Waals surface area contributed by atoms with E-state index in [2.05, 4.69) is 25.9 Å². The second kappa shape index (κ2) is 8.26. The van der Waals surface area contributed by atoms with Crippen molar-refractivity contribution in [2.24, 2.45) is 0 Å². The normalized spacial score (nSPS) is 10.1. The van der Waals surface area contributed by atoms with Crippen molar-refractivity contribution in [1.29, 1.82) is 0 Å². The van der Waals surface area contributed by atoms with E-state index in [4.69, 9.17) is 17.0 Å². The summed E-state index contributed by atoms with van der Waals surface area (Å²) in [4.78, 5) is 8.19. The van der Waals surface area contributed by atoms with Gasteiger partial charge in [0.1, 0.15) is 17.9 Å². The first kappa shape index (κ1) is 17.6. The van der Waals surface area contributed by atoms with Crippen LogP contribution in [0.2, 0.25) is 0 Å². The summed E-state index contributed by atoms with van der Waals surface area (Å²) in [6, 6.07) is 17.3. The third-order valence-corrected chi connectivity index (χ3v) is 3.78. The molecular formula is C19H19N5OS. The van der Waals surface area contributed by atoms with Crippen LogP contribution in [0.5, 0.6) is 11.6 Å². The fourth-order valence-electron chi connectivity index (χ4n) is 2.30. The highest BCUT2D eigenvalue weighted by Crippen LogP contribution is 2.27. The molecule has 0 amide bonds. The van der Waals surface area contributed by atoms with E-state index in [1.807, 2.05) is 55.5 Å². The number of hydrogen-bond acceptors (Lipinski definition) is 5. The maximum absolute atomic E-state index is 5.84. The van der Waals surface area contributed by atoms with Crippen LogP contribution in [0.25, 0.3) is 0 Å². The molecule has 0 fully saturated rings. The van der Waals surface area contributed by atoms with E-state index in [9.17, 15) is 0 Å². The van der Waals surface area contributed by atoms with E-state index in [0.717, 1.165) is 22.7 Å². The average Bonchev–Trinajstić information content (AvgIpc) is 2.65. The molecular weight excluding hydrogens is 346 g/mol. The smallest absolute Gasteiger partial charge is 0.224 e. The van der Waals surface area contributed by atoms with Crippen LogP contribution in [0, 0.1) is 6.92 Å². The van der Waals surface area contributed by atoms with Crippen molar-refractivity contribution in [3.63, 3.8) is 0 Å². The second-order valence-electron chi connectivity index (χ2n) is 5.52. The summed E-state index contributed by atoms with van der Waals surface area (Å²) in [6.45, 7) is 1.97. The van der Waals surface area contributed by atoms with Crippen LogP contribution in [0.4, 0.5) is 17.2 Å². The van der Waals surface area contributed by atoms with Gasteiger partial charge in [0.15, 0.2) is 5.11 Å². The zero-order valence-corrected chi connectivity index (χ0v) is 15.3. The third kappa shape index (κ3) is 4.67. The standard InChI is InChI=1S/C19H19N5OS/c1-13-10-15(24-19(26)23-14-6-4-3-5-7-14)8-9-16(13)25-18-11-17(20-2)21-12-22-18/h3-12H,1-2H3,(H,20,21,22)(H2,23,24,26). The quantitative estimate of drug-likeness (QED) is 0.578. The Morgan fingerprint density at radius 1 is 0.962 bits per heavy atom. The lowest BCUT2D eigenvalue weighted by atomic mass is 10.2. The van der Waals surface area contributed by atoms with Gasteiger partial charge in [0.2, 0.25) is 5.88 Å². The second-order valence-corrected chi connectivity index (χ2v) is 5.93. The molecule has 0 saturated heterocycles. The summed E-state index contributed by atoms with van der Waals surface area (Å²) in [5.74, 6) is 1.90. The van der Waals surface area contributed by atoms with Gasteiger partial charge in [-0.25, -0.2) is 9.97 Å². The van der Waals surface area contributed by atoms with Crippen molar-refractivity contribution in [3.8, 4) is 11.6 Å². The fourth-order valence-corrected chi connectivity index (χ4v) is 2.54. The number of rotatable bonds is 5. The monoisotopic (exact) mass is 365 g/mol. The maximum Gasteiger partial charge on any atom is 0.224 e. The van der Waals surface area contributed by atoms with E-state index < -0.39 is 0 Å². The number of nitrogens with zero attached hydrogens (tertiary/aromatic N) is 2. The minimum absolute atomic E-state index is 0.481. The van der Waals surface area contributed by atoms with Gasteiger partial charge >= 0.3 is 0 Å². The number of para-hydroxylation sites is 1. The fraction of sp³-hybridized carbons (Fsp3) is 0.105. The van der Waals surface area contributed by atoms with Crippen molar-refractivity contribution in [3.05, 3.63) is 66.5 Å². The van der Waals surface area contributed by atoms with Gasteiger partial charge < -0.3 is 20.7 Å². The number of ether oxygens (including phenoxy) is 1. The Hall–Kier alpha value is -3.19. The molecule has 6 nitrogen and oxygen atoms in total. The largest absolute Gasteiger partial charge is 0.439 e. The lowest BCUT2D eigenvalue weighted by Gasteiger charge is -2.13. The van der Waals surface area contributed by atoms with E-state index in [-0.39, 0.29) is 0 Å². The highest BCUT2D eigenvalue weighted by atomic mass is 32.1. The molecule has 0 spiro atoms. The Kier molecular flexibility index (Phi) is 5.60. The maximum atomic E-state index is 5.84. The summed E-state index contributed by atoms with van der Waals surface area (Å²) in [5.41, 5.74) is 2.77. The lowest BCUT2D eigenvalue weighted by molar-refractivity contribution is 0.458. The van der Waals surface area contributed by atoms with E-state index >= 15 is 0 Å². The predicted octanol–water partition coefficient (Wildman–Crippen LogP) is 4.43. The third-order valence-electron chi connectivity index (χ3n) is 3.58. The predicted molar refractivity (Wildman–Crippen MR) is 109 cm³/mol. The summed E-state index contributed by atoms with van der Waals surface area (Å²) in [5, 5.41) is 9.79. The van der Waals surface area contributed by atoms with E-state index in [1.54, 1.807) is 13.1 Å². The Morgan fingerprint density at radius 2 is 1.73 bits per heavy atom. The summed E-state index contributed by atoms with van der Waals surface area (Å²) < 4.78 is 5.84. The first-order chi connectivity index (χ1) is 12.6. The molecule has 2 aromatic carbocycles. The number of nitrogens with one attached hydrogen (secondary N) is 3. The molecule has 0 aliphatic carbocycles. The van der Waals surface area contributed by atoms with Gasteiger partial charge in [-0.1, -0.05) is 18.2 Å². The van der Waals surface area contributed by atoms with E-state index in [0.29, 0.717) is 16.8 Å². The molecule has 1 heterocycles. The molecule has 7 heteroatoms. The average molecular weight is 365 g/mol. The van der Waals surface area contributed by atoms with Gasteiger partial charge in [0, 0.05) is 24.5 Å². The number of benzene rings is 2. The first-order valence-corrected chi connectivity index (χ1v) is 8.46. The van der Waals surface area contributed by atoms with Crippen LogP contribution in [0.3, 0.4) is 0 Å². The van der Waals surface area contributed by atoms with Crippen LogP contribution >= 0.6 is 12.2 Å². The van der Waals surface area contributed by atoms with Crippen molar-refractivity contribution < 1.29 is 4.74 Å². The lowest BCUT2D eigenvalue weighted by Crippen LogP contribution is -2.19. The summed E-state index contributed by atoms with van der Waals surface area (Å²) in [7, 11) is 1.80. The first-order valence-electron chi connectivity index (χ1n) is 8.05. The van der Waals surface area contributed by atoms with Gasteiger partial charge in [-0.05, 0) is 55.0 Å². The molecule has 26 heavy (non-hydrogen) atoms. The number of aromatic nitrogens is 2. The van der Waals surface area contributed by atoms with Crippen LogP contribution in [0.1, 0.15) is 5.56 Å². The highest BCUT2D eigenvalue weighted by Gasteiger charge is 2.06. The molecule has 0 radical (unpaired) electrons. The van der Waals surface area contributed by atoms with Crippen LogP contribution in [-0.2, 0) is 0 Å². The molecule has 3 N–H and O–H groups in total. The minimum atomic E-state index is 0.481. The van der Waals surface area contributed by atoms with Crippen molar-refractivity contribution >= 4 is 34.5 Å². The topological polar surface area (TPSA) is 71.1 Å². The number of hydrogen-bond donors (Lipinski definition) is 3. The molecule has 0 aliphatic heterocycles. The Balaban J connectivity index is 1.66. The summed E-state index contributed by atoms with van der Waals surface area (Å²) >= 11 is 5.35. The summed E-state index contributed by atoms with van der Waals surface area (Å²) in [6.07, 6.45) is 1.46. The Morgan fingerprint density at radius 3 is 2.46 bits per heavy atom. The Bertz CT molecular complexity index is 901. The highest BCUT2D eigenvalue weighted by molar-refractivity contribution is 7.80. The number of aryl methyl sites for hydroxylation is 1. The minimum Gasteiger partial charge on any atom is -0.439 e. The van der Waals surface area contributed by atoms with Crippen molar-refractivity contribution in [2.45, 2.75) is 6.92 Å². The molecule has 0 saturated carbocycles. The van der Waals surface area contributed by atoms with Gasteiger partial charge in [-0.15, -0.1) is 0 Å². The molecule has 0 aliphatic rings. The molecule has 3 aromatic rings. The molecule has 0 unspecified atom stereocenters. The number of anilines is 3. The van der Waals surface area contributed by atoms with Gasteiger partial charge in [-0.2, -0.15) is 0 Å². The van der Waals surface area contributed by atoms with Crippen LogP contribution < -0.4 is 20.7 Å². The van der Waals surface area contributed by atoms with Crippen molar-refractivity contribution in [1.82, 2.24) is 9.97 Å². The van der Waals surface area contributed by atoms with Gasteiger partial charge in [0.05, 0.1) is 0 Å². The van der Waals surface area contributed by atoms with Crippen LogP contribution in [0.15, 0.2) is 60.9 Å². The van der Waals surface area contributed by atoms with Gasteiger partial charge in [-0.3, -0.25) is 0 Å². The molecule has 132 valence electrons. The van der Waals surface area contributed by atoms with E-state index in [1.165, 1.54) is 6.33 Å². The van der Waals surface area contributed by atoms with Gasteiger partial charge in [0.25, 0.3) is 0 Å². The Labute approximate surface area is 157 Å². The molecule has 3 rings (SSSR count). The SMILES string of the molecule is CNc1cc(Oc2ccc(NC(=S)Nc3ccccc3)cc2C)ncn1. The molecule has 0 bridgehead atoms. The van der Waals surface area contributed by atoms with Crippen molar-refractivity contribution in [2.75, 3.05) is 23.0 Å². The zero-order valence-electron chi connectivity index (χ0n) is 14.5.